The van der Waals surface area contributed by atoms with Gasteiger partial charge in [-0.1, -0.05) is 47.8 Å². The first kappa shape index (κ1) is 9.61. The molecule has 0 aliphatic heterocycles. The summed E-state index contributed by atoms with van der Waals surface area (Å²) in [6.45, 7) is 3.80. The molecule has 0 fully saturated rings. The van der Waals surface area contributed by atoms with E-state index in [0.717, 1.165) is 12.0 Å². The lowest BCUT2D eigenvalue weighted by Crippen LogP contribution is -2.02. The monoisotopic (exact) mass is 186 g/mol. The standard InChI is InChI=1S/C6H9Cl3/c1-3-4-5(2)6(7,8)9/h4H,3H2,1-2H3. The van der Waals surface area contributed by atoms with Gasteiger partial charge in [0.25, 0.3) is 0 Å². The predicted molar refractivity (Wildman–Crippen MR) is 44.3 cm³/mol. The van der Waals surface area contributed by atoms with Gasteiger partial charge in [0.05, 0.1) is 0 Å². The third-order valence-corrected chi connectivity index (χ3v) is 1.85. The molecule has 0 rings (SSSR count). The largest absolute Gasteiger partial charge is 0.211 e. The maximum absolute atomic E-state index is 5.52. The van der Waals surface area contributed by atoms with Crippen molar-refractivity contribution in [3.63, 3.8) is 0 Å². The number of halogens is 3. The van der Waals surface area contributed by atoms with E-state index in [1.807, 2.05) is 13.0 Å². The van der Waals surface area contributed by atoms with Crippen molar-refractivity contribution >= 4 is 34.8 Å². The topological polar surface area (TPSA) is 0 Å². The maximum Gasteiger partial charge on any atom is 0.211 e. The van der Waals surface area contributed by atoms with Crippen molar-refractivity contribution in [2.75, 3.05) is 0 Å². The second-order valence-corrected chi connectivity index (χ2v) is 4.07. The van der Waals surface area contributed by atoms with Gasteiger partial charge in [0.2, 0.25) is 3.79 Å². The zero-order chi connectivity index (χ0) is 7.49. The van der Waals surface area contributed by atoms with Crippen LogP contribution in [0, 0.1) is 0 Å². The Hall–Kier alpha value is 0.610. The number of hydrogen-bond donors (Lipinski definition) is 0. The lowest BCUT2D eigenvalue weighted by molar-refractivity contribution is 1.13. The molecule has 0 bridgehead atoms. The molecule has 0 aliphatic carbocycles. The maximum atomic E-state index is 5.52. The summed E-state index contributed by atoms with van der Waals surface area (Å²) in [6, 6.07) is 0. The van der Waals surface area contributed by atoms with Gasteiger partial charge in [-0.15, -0.1) is 0 Å². The normalized spacial score (nSPS) is 14.1. The summed E-state index contributed by atoms with van der Waals surface area (Å²) in [5, 5.41) is 0. The minimum absolute atomic E-state index is 0.787. The van der Waals surface area contributed by atoms with Gasteiger partial charge < -0.3 is 0 Å². The molecule has 0 radical (unpaired) electrons. The summed E-state index contributed by atoms with van der Waals surface area (Å²) in [6.07, 6.45) is 2.80. The van der Waals surface area contributed by atoms with E-state index in [9.17, 15) is 0 Å². The quantitative estimate of drug-likeness (QED) is 0.434. The Bertz CT molecular complexity index is 110. The highest BCUT2D eigenvalue weighted by atomic mass is 35.6. The van der Waals surface area contributed by atoms with E-state index in [2.05, 4.69) is 0 Å². The third-order valence-electron chi connectivity index (χ3n) is 0.957. The van der Waals surface area contributed by atoms with E-state index in [4.69, 9.17) is 34.8 Å². The van der Waals surface area contributed by atoms with Crippen molar-refractivity contribution in [2.45, 2.75) is 24.1 Å². The minimum Gasteiger partial charge on any atom is -0.0817 e. The molecule has 0 amide bonds. The average Bonchev–Trinajstić information content (AvgIpc) is 1.64. The molecular weight excluding hydrogens is 178 g/mol. The van der Waals surface area contributed by atoms with Crippen molar-refractivity contribution in [1.29, 1.82) is 0 Å². The van der Waals surface area contributed by atoms with E-state index in [1.165, 1.54) is 0 Å². The molecule has 0 aliphatic rings. The fourth-order valence-electron chi connectivity index (χ4n) is 0.422. The minimum atomic E-state index is -1.21. The number of rotatable bonds is 1. The van der Waals surface area contributed by atoms with Crippen molar-refractivity contribution in [1.82, 2.24) is 0 Å². The first-order valence-corrected chi connectivity index (χ1v) is 3.85. The van der Waals surface area contributed by atoms with Crippen molar-refractivity contribution in [3.05, 3.63) is 11.6 Å². The molecule has 54 valence electrons. The van der Waals surface area contributed by atoms with Gasteiger partial charge in [-0.25, -0.2) is 0 Å². The molecule has 3 heteroatoms. The summed E-state index contributed by atoms with van der Waals surface area (Å²) in [4.78, 5) is 0. The zero-order valence-electron chi connectivity index (χ0n) is 5.42. The Labute approximate surface area is 70.8 Å². The van der Waals surface area contributed by atoms with Crippen LogP contribution in [0.4, 0.5) is 0 Å². The Morgan fingerprint density at radius 1 is 1.44 bits per heavy atom. The van der Waals surface area contributed by atoms with Gasteiger partial charge in [0.15, 0.2) is 0 Å². The van der Waals surface area contributed by atoms with Crippen molar-refractivity contribution in [3.8, 4) is 0 Å². The summed E-state index contributed by atoms with van der Waals surface area (Å²) in [5.74, 6) is 0. The van der Waals surface area contributed by atoms with Crippen LogP contribution in [0.5, 0.6) is 0 Å². The van der Waals surface area contributed by atoms with Gasteiger partial charge >= 0.3 is 0 Å². The molecule has 0 saturated carbocycles. The first-order valence-electron chi connectivity index (χ1n) is 2.72. The highest BCUT2D eigenvalue weighted by Crippen LogP contribution is 2.34. The van der Waals surface area contributed by atoms with E-state index < -0.39 is 3.79 Å². The number of alkyl halides is 3. The van der Waals surface area contributed by atoms with Crippen LogP contribution >= 0.6 is 34.8 Å². The molecular formula is C6H9Cl3. The van der Waals surface area contributed by atoms with Gasteiger partial charge in [-0.2, -0.15) is 0 Å². The molecule has 0 nitrogen and oxygen atoms in total. The number of hydrogen-bond acceptors (Lipinski definition) is 0. The van der Waals surface area contributed by atoms with Crippen LogP contribution in [0.3, 0.4) is 0 Å². The number of allylic oxidation sites excluding steroid dienone is 2. The molecule has 0 saturated heterocycles. The lowest BCUT2D eigenvalue weighted by Gasteiger charge is -2.09. The van der Waals surface area contributed by atoms with Gasteiger partial charge in [0, 0.05) is 0 Å². The van der Waals surface area contributed by atoms with Crippen molar-refractivity contribution < 1.29 is 0 Å². The van der Waals surface area contributed by atoms with Crippen LogP contribution in [-0.2, 0) is 0 Å². The van der Waals surface area contributed by atoms with Gasteiger partial charge in [-0.3, -0.25) is 0 Å². The van der Waals surface area contributed by atoms with E-state index in [-0.39, 0.29) is 0 Å². The molecule has 0 atom stereocenters. The van der Waals surface area contributed by atoms with Crippen LogP contribution < -0.4 is 0 Å². The summed E-state index contributed by atoms with van der Waals surface area (Å²) < 4.78 is -1.21. The molecule has 0 aromatic rings. The van der Waals surface area contributed by atoms with Crippen LogP contribution in [0.1, 0.15) is 20.3 Å². The molecule has 0 aromatic carbocycles. The predicted octanol–water partition coefficient (Wildman–Crippen LogP) is 3.71. The highest BCUT2D eigenvalue weighted by Gasteiger charge is 2.20. The van der Waals surface area contributed by atoms with E-state index >= 15 is 0 Å². The fourth-order valence-corrected chi connectivity index (χ4v) is 0.653. The second-order valence-electron chi connectivity index (χ2n) is 1.79. The SMILES string of the molecule is CCC=C(C)C(Cl)(Cl)Cl. The molecule has 0 spiro atoms. The Kier molecular flexibility index (Phi) is 3.95. The Morgan fingerprint density at radius 3 is 2.00 bits per heavy atom. The van der Waals surface area contributed by atoms with Gasteiger partial charge in [-0.05, 0) is 18.9 Å². The van der Waals surface area contributed by atoms with Crippen LogP contribution in [0.25, 0.3) is 0 Å². The Balaban J connectivity index is 4.03. The molecule has 9 heavy (non-hydrogen) atoms. The van der Waals surface area contributed by atoms with E-state index in [1.54, 1.807) is 6.92 Å². The van der Waals surface area contributed by atoms with Crippen LogP contribution in [0.2, 0.25) is 0 Å². The smallest absolute Gasteiger partial charge is 0.0817 e. The molecule has 0 unspecified atom stereocenters. The molecule has 0 aromatic heterocycles. The second kappa shape index (κ2) is 3.70. The van der Waals surface area contributed by atoms with Crippen LogP contribution in [0.15, 0.2) is 11.6 Å². The summed E-state index contributed by atoms with van der Waals surface area (Å²) in [7, 11) is 0. The third kappa shape index (κ3) is 4.07. The molecule has 0 N–H and O–H groups in total. The first-order chi connectivity index (χ1) is 3.98. The Morgan fingerprint density at radius 2 is 1.89 bits per heavy atom. The van der Waals surface area contributed by atoms with Gasteiger partial charge in [0.1, 0.15) is 0 Å². The van der Waals surface area contributed by atoms with Crippen LogP contribution in [-0.4, -0.2) is 3.79 Å². The van der Waals surface area contributed by atoms with Crippen molar-refractivity contribution in [2.24, 2.45) is 0 Å². The summed E-state index contributed by atoms with van der Waals surface area (Å²) >= 11 is 16.6. The van der Waals surface area contributed by atoms with E-state index in [0.29, 0.717) is 0 Å². The average molecular weight is 187 g/mol. The zero-order valence-corrected chi connectivity index (χ0v) is 7.69. The molecule has 0 heterocycles. The highest BCUT2D eigenvalue weighted by molar-refractivity contribution is 6.69. The lowest BCUT2D eigenvalue weighted by atomic mass is 10.3. The summed E-state index contributed by atoms with van der Waals surface area (Å²) in [5.41, 5.74) is 0.787. The fraction of sp³-hybridized carbons (Fsp3) is 0.667.